The van der Waals surface area contributed by atoms with Gasteiger partial charge >= 0.3 is 5.97 Å². The predicted octanol–water partition coefficient (Wildman–Crippen LogP) is 6.16. The minimum absolute atomic E-state index is 0.0279. The van der Waals surface area contributed by atoms with E-state index >= 15 is 0 Å². The number of carboxylic acids is 1. The molecular weight excluding hydrogens is 437 g/mol. The summed E-state index contributed by atoms with van der Waals surface area (Å²) in [5.74, 6) is -0.871. The Bertz CT molecular complexity index is 1070. The maximum atomic E-state index is 13.0. The second kappa shape index (κ2) is 11.0. The van der Waals surface area contributed by atoms with Crippen molar-refractivity contribution in [3.05, 3.63) is 100 Å². The molecule has 0 aliphatic carbocycles. The Labute approximate surface area is 189 Å². The van der Waals surface area contributed by atoms with E-state index in [-0.39, 0.29) is 18.0 Å². The van der Waals surface area contributed by atoms with Crippen molar-refractivity contribution in [2.75, 3.05) is 6.61 Å². The molecule has 0 atom stereocenters. The molecule has 0 saturated heterocycles. The summed E-state index contributed by atoms with van der Waals surface area (Å²) in [6.45, 7) is 2.26. The SMILES string of the molecule is Cc1cccc(Cl)c1SCc1cccc(C(=COCCc2ccc(F)cc2)C(=O)O)n1. The molecule has 0 saturated carbocycles. The maximum absolute atomic E-state index is 13.0. The number of aryl methyl sites for hydroxylation is 1. The van der Waals surface area contributed by atoms with Crippen molar-refractivity contribution in [3.63, 3.8) is 0 Å². The molecule has 31 heavy (non-hydrogen) atoms. The number of halogens is 2. The first kappa shape index (κ1) is 22.8. The highest BCUT2D eigenvalue weighted by atomic mass is 35.5. The molecule has 1 aromatic heterocycles. The normalized spacial score (nSPS) is 11.4. The number of benzene rings is 2. The highest BCUT2D eigenvalue weighted by molar-refractivity contribution is 7.98. The largest absolute Gasteiger partial charge is 0.500 e. The molecule has 2 aromatic carbocycles. The first-order valence-corrected chi connectivity index (χ1v) is 10.9. The van der Waals surface area contributed by atoms with E-state index in [1.54, 1.807) is 36.0 Å². The lowest BCUT2D eigenvalue weighted by Crippen LogP contribution is -2.05. The minimum Gasteiger partial charge on any atom is -0.500 e. The molecular formula is C24H21ClFNO3S. The summed E-state index contributed by atoms with van der Waals surface area (Å²) >= 11 is 7.84. The number of carbonyl (C=O) groups is 1. The van der Waals surface area contributed by atoms with Crippen LogP contribution < -0.4 is 0 Å². The number of rotatable bonds is 9. The van der Waals surface area contributed by atoms with Crippen molar-refractivity contribution in [2.24, 2.45) is 0 Å². The summed E-state index contributed by atoms with van der Waals surface area (Å²) in [6, 6.07) is 17.1. The zero-order chi connectivity index (χ0) is 22.2. The standard InChI is InChI=1S/C24H21ClFNO3S/c1-16-4-2-6-21(25)23(16)31-15-19-5-3-7-22(27-19)20(24(28)29)14-30-13-12-17-8-10-18(26)11-9-17/h2-11,14H,12-13,15H2,1H3,(H,28,29). The molecule has 1 N–H and O–H groups in total. The lowest BCUT2D eigenvalue weighted by Gasteiger charge is -2.09. The number of ether oxygens (including phenoxy) is 1. The van der Waals surface area contributed by atoms with Crippen LogP contribution in [-0.4, -0.2) is 22.7 Å². The predicted molar refractivity (Wildman–Crippen MR) is 122 cm³/mol. The van der Waals surface area contributed by atoms with Crippen LogP contribution in [0.2, 0.25) is 5.02 Å². The fraction of sp³-hybridized carbons (Fsp3) is 0.167. The Kier molecular flexibility index (Phi) is 8.09. The quantitative estimate of drug-likeness (QED) is 0.180. The number of carboxylic acid groups (broad SMARTS) is 1. The Hall–Kier alpha value is -2.83. The van der Waals surface area contributed by atoms with E-state index in [0.29, 0.717) is 22.9 Å². The van der Waals surface area contributed by atoms with Crippen molar-refractivity contribution in [3.8, 4) is 0 Å². The van der Waals surface area contributed by atoms with Gasteiger partial charge in [-0.2, -0.15) is 0 Å². The highest BCUT2D eigenvalue weighted by Crippen LogP contribution is 2.32. The van der Waals surface area contributed by atoms with Crippen LogP contribution in [0.4, 0.5) is 4.39 Å². The van der Waals surface area contributed by atoms with Gasteiger partial charge < -0.3 is 9.84 Å². The van der Waals surface area contributed by atoms with E-state index in [4.69, 9.17) is 16.3 Å². The Morgan fingerprint density at radius 2 is 1.90 bits per heavy atom. The zero-order valence-electron chi connectivity index (χ0n) is 16.8. The molecule has 1 heterocycles. The highest BCUT2D eigenvalue weighted by Gasteiger charge is 2.14. The Morgan fingerprint density at radius 3 is 2.61 bits per heavy atom. The number of thioether (sulfide) groups is 1. The maximum Gasteiger partial charge on any atom is 0.341 e. The summed E-state index contributed by atoms with van der Waals surface area (Å²) in [7, 11) is 0. The molecule has 0 unspecified atom stereocenters. The summed E-state index contributed by atoms with van der Waals surface area (Å²) in [5, 5.41) is 10.3. The van der Waals surface area contributed by atoms with Gasteiger partial charge in [-0.25, -0.2) is 9.18 Å². The molecule has 3 aromatic rings. The molecule has 3 rings (SSSR count). The van der Waals surface area contributed by atoms with Gasteiger partial charge in [0.1, 0.15) is 11.4 Å². The molecule has 4 nitrogen and oxygen atoms in total. The Morgan fingerprint density at radius 1 is 1.16 bits per heavy atom. The van der Waals surface area contributed by atoms with Crippen molar-refractivity contribution < 1.29 is 19.0 Å². The third-order valence-electron chi connectivity index (χ3n) is 4.46. The van der Waals surface area contributed by atoms with Crippen molar-refractivity contribution in [1.29, 1.82) is 0 Å². The topological polar surface area (TPSA) is 59.4 Å². The molecule has 0 bridgehead atoms. The van der Waals surface area contributed by atoms with Crippen LogP contribution in [0.5, 0.6) is 0 Å². The first-order valence-electron chi connectivity index (χ1n) is 9.58. The van der Waals surface area contributed by atoms with Gasteiger partial charge in [-0.1, -0.05) is 41.9 Å². The Balaban J connectivity index is 1.66. The van der Waals surface area contributed by atoms with E-state index in [1.807, 2.05) is 31.2 Å². The van der Waals surface area contributed by atoms with Gasteiger partial charge in [0, 0.05) is 17.1 Å². The van der Waals surface area contributed by atoms with Crippen LogP contribution in [-0.2, 0) is 21.7 Å². The molecule has 0 radical (unpaired) electrons. The lowest BCUT2D eigenvalue weighted by atomic mass is 10.1. The number of hydrogen-bond acceptors (Lipinski definition) is 4. The van der Waals surface area contributed by atoms with Gasteiger partial charge in [0.15, 0.2) is 0 Å². The third kappa shape index (κ3) is 6.57. The van der Waals surface area contributed by atoms with Crippen molar-refractivity contribution >= 4 is 34.9 Å². The number of aliphatic carboxylic acids is 1. The molecule has 0 amide bonds. The lowest BCUT2D eigenvalue weighted by molar-refractivity contribution is -0.130. The minimum atomic E-state index is -1.12. The number of pyridine rings is 1. The fourth-order valence-corrected chi connectivity index (χ4v) is 4.19. The average Bonchev–Trinajstić information content (AvgIpc) is 2.74. The first-order chi connectivity index (χ1) is 14.9. The molecule has 0 aliphatic rings. The molecule has 160 valence electrons. The van der Waals surface area contributed by atoms with E-state index in [9.17, 15) is 14.3 Å². The summed E-state index contributed by atoms with van der Waals surface area (Å²) in [6.07, 6.45) is 1.74. The van der Waals surface area contributed by atoms with Crippen LogP contribution in [0.3, 0.4) is 0 Å². The third-order valence-corrected chi connectivity index (χ3v) is 6.16. The van der Waals surface area contributed by atoms with Crippen LogP contribution in [0.25, 0.3) is 5.57 Å². The van der Waals surface area contributed by atoms with E-state index < -0.39 is 5.97 Å². The summed E-state index contributed by atoms with van der Waals surface area (Å²) < 4.78 is 18.4. The van der Waals surface area contributed by atoms with Crippen molar-refractivity contribution in [2.45, 2.75) is 24.0 Å². The summed E-state index contributed by atoms with van der Waals surface area (Å²) in [4.78, 5) is 17.2. The smallest absolute Gasteiger partial charge is 0.341 e. The fourth-order valence-electron chi connectivity index (χ4n) is 2.85. The average molecular weight is 458 g/mol. The molecule has 7 heteroatoms. The van der Waals surface area contributed by atoms with Gasteiger partial charge in [-0.05, 0) is 48.4 Å². The van der Waals surface area contributed by atoms with Gasteiger partial charge in [0.2, 0.25) is 0 Å². The monoisotopic (exact) mass is 457 g/mol. The molecule has 0 aliphatic heterocycles. The number of nitrogens with zero attached hydrogens (tertiary/aromatic N) is 1. The van der Waals surface area contributed by atoms with E-state index in [2.05, 4.69) is 4.98 Å². The van der Waals surface area contributed by atoms with Crippen LogP contribution in [0.15, 0.2) is 71.8 Å². The van der Waals surface area contributed by atoms with E-state index in [1.165, 1.54) is 18.4 Å². The number of aromatic nitrogens is 1. The van der Waals surface area contributed by atoms with Crippen LogP contribution in [0, 0.1) is 12.7 Å². The molecule has 0 fully saturated rings. The zero-order valence-corrected chi connectivity index (χ0v) is 18.4. The second-order valence-electron chi connectivity index (χ2n) is 6.77. The van der Waals surface area contributed by atoms with Gasteiger partial charge in [-0.3, -0.25) is 4.98 Å². The van der Waals surface area contributed by atoms with Crippen LogP contribution >= 0.6 is 23.4 Å². The van der Waals surface area contributed by atoms with Gasteiger partial charge in [0.05, 0.1) is 29.3 Å². The van der Waals surface area contributed by atoms with Gasteiger partial charge in [-0.15, -0.1) is 11.8 Å². The summed E-state index contributed by atoms with van der Waals surface area (Å²) in [5.41, 5.74) is 3.01. The van der Waals surface area contributed by atoms with Crippen LogP contribution in [0.1, 0.15) is 22.5 Å². The van der Waals surface area contributed by atoms with Gasteiger partial charge in [0.25, 0.3) is 0 Å². The van der Waals surface area contributed by atoms with E-state index in [0.717, 1.165) is 21.7 Å². The molecule has 0 spiro atoms. The number of hydrogen-bond donors (Lipinski definition) is 1. The second-order valence-corrected chi connectivity index (χ2v) is 8.17. The van der Waals surface area contributed by atoms with Crippen molar-refractivity contribution in [1.82, 2.24) is 4.98 Å².